The number of nitrogens with one attached hydrogen (secondary N) is 1. The Balaban J connectivity index is 1.84. The van der Waals surface area contributed by atoms with E-state index in [1.165, 1.54) is 6.42 Å². The Bertz CT molecular complexity index is 364. The first-order valence-corrected chi connectivity index (χ1v) is 6.29. The standard InChI is InChI=1S/C14H20N2O/c1-16-10-6-5-9-13(16)14(17)15-11-12-7-3-2-4-8-12/h2-4,7-8,13H,5-6,9-11H2,1H3,(H,15,17)/t13-/m0/s1. The molecule has 3 nitrogen and oxygen atoms in total. The quantitative estimate of drug-likeness (QED) is 0.861. The highest BCUT2D eigenvalue weighted by atomic mass is 16.2. The van der Waals surface area contributed by atoms with Crippen LogP contribution in [0.5, 0.6) is 0 Å². The van der Waals surface area contributed by atoms with Gasteiger partial charge in [0.05, 0.1) is 6.04 Å². The zero-order valence-corrected chi connectivity index (χ0v) is 10.4. The summed E-state index contributed by atoms with van der Waals surface area (Å²) >= 11 is 0. The van der Waals surface area contributed by atoms with Crippen molar-refractivity contribution >= 4 is 5.91 Å². The Morgan fingerprint density at radius 1 is 1.35 bits per heavy atom. The molecule has 1 aliphatic rings. The third-order valence-corrected chi connectivity index (χ3v) is 3.38. The van der Waals surface area contributed by atoms with E-state index >= 15 is 0 Å². The minimum Gasteiger partial charge on any atom is -0.351 e. The van der Waals surface area contributed by atoms with Crippen LogP contribution in [0, 0.1) is 0 Å². The number of carbonyl (C=O) groups excluding carboxylic acids is 1. The fourth-order valence-electron chi connectivity index (χ4n) is 2.31. The number of likely N-dealkylation sites (N-methyl/N-ethyl adjacent to an activating group) is 1. The second-order valence-corrected chi connectivity index (χ2v) is 4.70. The molecule has 1 aliphatic heterocycles. The van der Waals surface area contributed by atoms with E-state index in [1.807, 2.05) is 37.4 Å². The van der Waals surface area contributed by atoms with Gasteiger partial charge in [0.25, 0.3) is 0 Å². The van der Waals surface area contributed by atoms with Crippen LogP contribution in [0.1, 0.15) is 24.8 Å². The van der Waals surface area contributed by atoms with Gasteiger partial charge < -0.3 is 5.32 Å². The van der Waals surface area contributed by atoms with Gasteiger partial charge in [0.2, 0.25) is 5.91 Å². The fraction of sp³-hybridized carbons (Fsp3) is 0.500. The first kappa shape index (κ1) is 12.1. The van der Waals surface area contributed by atoms with Crippen LogP contribution in [0.3, 0.4) is 0 Å². The summed E-state index contributed by atoms with van der Waals surface area (Å²) in [6.07, 6.45) is 3.35. The third kappa shape index (κ3) is 3.30. The number of amides is 1. The molecule has 0 unspecified atom stereocenters. The van der Waals surface area contributed by atoms with E-state index < -0.39 is 0 Å². The summed E-state index contributed by atoms with van der Waals surface area (Å²) in [4.78, 5) is 14.2. The van der Waals surface area contributed by atoms with Crippen molar-refractivity contribution in [2.45, 2.75) is 31.8 Å². The second kappa shape index (κ2) is 5.82. The highest BCUT2D eigenvalue weighted by molar-refractivity contribution is 5.81. The lowest BCUT2D eigenvalue weighted by Crippen LogP contribution is -2.47. The molecule has 0 aromatic heterocycles. The Hall–Kier alpha value is -1.35. The zero-order chi connectivity index (χ0) is 12.1. The Labute approximate surface area is 103 Å². The molecule has 1 heterocycles. The molecule has 0 bridgehead atoms. The van der Waals surface area contributed by atoms with Crippen molar-refractivity contribution < 1.29 is 4.79 Å². The van der Waals surface area contributed by atoms with Gasteiger partial charge in [0.15, 0.2) is 0 Å². The van der Waals surface area contributed by atoms with E-state index in [1.54, 1.807) is 0 Å². The van der Waals surface area contributed by atoms with E-state index in [0.717, 1.165) is 24.9 Å². The maximum atomic E-state index is 12.0. The maximum absolute atomic E-state index is 12.0. The van der Waals surface area contributed by atoms with Gasteiger partial charge in [0, 0.05) is 6.54 Å². The molecular formula is C14H20N2O. The van der Waals surface area contributed by atoms with E-state index in [9.17, 15) is 4.79 Å². The number of nitrogens with zero attached hydrogens (tertiary/aromatic N) is 1. The van der Waals surface area contributed by atoms with Crippen LogP contribution in [-0.2, 0) is 11.3 Å². The van der Waals surface area contributed by atoms with Crippen molar-refractivity contribution in [1.82, 2.24) is 10.2 Å². The highest BCUT2D eigenvalue weighted by Gasteiger charge is 2.25. The predicted octanol–water partition coefficient (Wildman–Crippen LogP) is 1.79. The Kier molecular flexibility index (Phi) is 4.15. The largest absolute Gasteiger partial charge is 0.351 e. The molecule has 0 saturated carbocycles. The SMILES string of the molecule is CN1CCCC[C@H]1C(=O)NCc1ccccc1. The molecule has 0 aliphatic carbocycles. The fourth-order valence-corrected chi connectivity index (χ4v) is 2.31. The summed E-state index contributed by atoms with van der Waals surface area (Å²) in [5.74, 6) is 0.163. The predicted molar refractivity (Wildman–Crippen MR) is 68.6 cm³/mol. The third-order valence-electron chi connectivity index (χ3n) is 3.38. The molecule has 0 radical (unpaired) electrons. The van der Waals surface area contributed by atoms with Crippen molar-refractivity contribution in [2.24, 2.45) is 0 Å². The van der Waals surface area contributed by atoms with Gasteiger partial charge in [0.1, 0.15) is 0 Å². The van der Waals surface area contributed by atoms with Crippen LogP contribution in [-0.4, -0.2) is 30.4 Å². The summed E-state index contributed by atoms with van der Waals surface area (Å²) in [5, 5.41) is 3.02. The van der Waals surface area contributed by atoms with Crippen LogP contribution in [0.25, 0.3) is 0 Å². The first-order chi connectivity index (χ1) is 8.27. The lowest BCUT2D eigenvalue weighted by atomic mass is 10.0. The topological polar surface area (TPSA) is 32.3 Å². The number of hydrogen-bond acceptors (Lipinski definition) is 2. The number of benzene rings is 1. The van der Waals surface area contributed by atoms with Crippen molar-refractivity contribution in [1.29, 1.82) is 0 Å². The first-order valence-electron chi connectivity index (χ1n) is 6.29. The van der Waals surface area contributed by atoms with Crippen LogP contribution >= 0.6 is 0 Å². The molecule has 92 valence electrons. The number of carbonyl (C=O) groups is 1. The minimum absolute atomic E-state index is 0.0625. The van der Waals surface area contributed by atoms with Crippen LogP contribution in [0.15, 0.2) is 30.3 Å². The summed E-state index contributed by atoms with van der Waals surface area (Å²) in [7, 11) is 2.03. The zero-order valence-electron chi connectivity index (χ0n) is 10.4. The molecule has 3 heteroatoms. The Morgan fingerprint density at radius 2 is 2.12 bits per heavy atom. The van der Waals surface area contributed by atoms with E-state index in [0.29, 0.717) is 6.54 Å². The van der Waals surface area contributed by atoms with Crippen LogP contribution in [0.2, 0.25) is 0 Å². The molecule has 1 saturated heterocycles. The normalized spacial score (nSPS) is 21.1. The van der Waals surface area contributed by atoms with Gasteiger partial charge in [-0.15, -0.1) is 0 Å². The molecule has 1 aromatic rings. The number of likely N-dealkylation sites (tertiary alicyclic amines) is 1. The molecule has 1 N–H and O–H groups in total. The molecule has 2 rings (SSSR count). The molecule has 0 spiro atoms. The van der Waals surface area contributed by atoms with Crippen molar-refractivity contribution in [3.8, 4) is 0 Å². The van der Waals surface area contributed by atoms with Gasteiger partial charge >= 0.3 is 0 Å². The smallest absolute Gasteiger partial charge is 0.237 e. The second-order valence-electron chi connectivity index (χ2n) is 4.70. The molecule has 1 fully saturated rings. The Morgan fingerprint density at radius 3 is 2.82 bits per heavy atom. The van der Waals surface area contributed by atoms with E-state index in [4.69, 9.17) is 0 Å². The van der Waals surface area contributed by atoms with Crippen LogP contribution < -0.4 is 5.32 Å². The summed E-state index contributed by atoms with van der Waals surface area (Å²) in [6.45, 7) is 1.66. The van der Waals surface area contributed by atoms with Gasteiger partial charge in [-0.05, 0) is 32.0 Å². The minimum atomic E-state index is 0.0625. The van der Waals surface area contributed by atoms with Crippen molar-refractivity contribution in [2.75, 3.05) is 13.6 Å². The summed E-state index contributed by atoms with van der Waals surface area (Å²) in [5.41, 5.74) is 1.15. The van der Waals surface area contributed by atoms with Crippen LogP contribution in [0.4, 0.5) is 0 Å². The number of hydrogen-bond donors (Lipinski definition) is 1. The van der Waals surface area contributed by atoms with Crippen molar-refractivity contribution in [3.63, 3.8) is 0 Å². The van der Waals surface area contributed by atoms with Gasteiger partial charge in [-0.3, -0.25) is 9.69 Å². The number of piperidine rings is 1. The average Bonchev–Trinajstić information content (AvgIpc) is 2.38. The molecule has 17 heavy (non-hydrogen) atoms. The molecule has 1 atom stereocenters. The molecule has 1 amide bonds. The highest BCUT2D eigenvalue weighted by Crippen LogP contribution is 2.15. The lowest BCUT2D eigenvalue weighted by molar-refractivity contribution is -0.127. The van der Waals surface area contributed by atoms with E-state index in [-0.39, 0.29) is 11.9 Å². The monoisotopic (exact) mass is 232 g/mol. The maximum Gasteiger partial charge on any atom is 0.237 e. The van der Waals surface area contributed by atoms with E-state index in [2.05, 4.69) is 10.2 Å². The van der Waals surface area contributed by atoms with Gasteiger partial charge in [-0.2, -0.15) is 0 Å². The lowest BCUT2D eigenvalue weighted by Gasteiger charge is -2.31. The van der Waals surface area contributed by atoms with Gasteiger partial charge in [-0.1, -0.05) is 36.8 Å². The summed E-state index contributed by atoms with van der Waals surface area (Å²) in [6, 6.07) is 10.1. The van der Waals surface area contributed by atoms with Crippen molar-refractivity contribution in [3.05, 3.63) is 35.9 Å². The van der Waals surface area contributed by atoms with Gasteiger partial charge in [-0.25, -0.2) is 0 Å². The molecule has 1 aromatic carbocycles. The molecular weight excluding hydrogens is 212 g/mol. The number of rotatable bonds is 3. The summed E-state index contributed by atoms with van der Waals surface area (Å²) < 4.78 is 0. The average molecular weight is 232 g/mol.